The first-order valence-electron chi connectivity index (χ1n) is 7.13. The first-order chi connectivity index (χ1) is 8.88. The fourth-order valence-corrected chi connectivity index (χ4v) is 2.42. The summed E-state index contributed by atoms with van der Waals surface area (Å²) in [5.41, 5.74) is 1.42. The molecule has 2 rings (SSSR count). The van der Waals surface area contributed by atoms with Crippen molar-refractivity contribution in [2.24, 2.45) is 7.05 Å². The summed E-state index contributed by atoms with van der Waals surface area (Å²) in [7, 11) is 1.80. The molecule has 4 heteroatoms. The molecule has 0 unspecified atom stereocenters. The Bertz CT molecular complexity index is 451. The van der Waals surface area contributed by atoms with Crippen LogP contribution in [0.15, 0.2) is 6.07 Å². The molecule has 106 valence electrons. The highest BCUT2D eigenvalue weighted by Gasteiger charge is 2.24. The largest absolute Gasteiger partial charge is 0.458 e. The molecule has 1 aromatic rings. The standard InChI is InChI=1S/C15H24N2O2/c1-15(2,3)13-10-12(17(4)16-13)14(18)19-11-8-6-5-7-9-11/h10-11H,5-9H2,1-4H3. The number of carbonyl (C=O) groups excluding carboxylic acids is 1. The summed E-state index contributed by atoms with van der Waals surface area (Å²) in [6.45, 7) is 6.27. The highest BCUT2D eigenvalue weighted by molar-refractivity contribution is 5.87. The van der Waals surface area contributed by atoms with Crippen molar-refractivity contribution in [3.63, 3.8) is 0 Å². The average Bonchev–Trinajstić information content (AvgIpc) is 2.72. The fraction of sp³-hybridized carbons (Fsp3) is 0.733. The van der Waals surface area contributed by atoms with Crippen LogP contribution in [0.5, 0.6) is 0 Å². The van der Waals surface area contributed by atoms with Crippen molar-refractivity contribution < 1.29 is 9.53 Å². The number of aryl methyl sites for hydroxylation is 1. The third-order valence-electron chi connectivity index (χ3n) is 3.68. The minimum atomic E-state index is -0.239. The Morgan fingerprint density at radius 3 is 2.47 bits per heavy atom. The summed E-state index contributed by atoms with van der Waals surface area (Å²) >= 11 is 0. The molecule has 19 heavy (non-hydrogen) atoms. The molecule has 1 aliphatic rings. The van der Waals surface area contributed by atoms with E-state index < -0.39 is 0 Å². The number of hydrogen-bond donors (Lipinski definition) is 0. The number of ether oxygens (including phenoxy) is 1. The molecular formula is C15H24N2O2. The van der Waals surface area contributed by atoms with Crippen molar-refractivity contribution in [2.45, 2.75) is 64.4 Å². The second kappa shape index (κ2) is 5.35. The number of nitrogens with zero attached hydrogens (tertiary/aromatic N) is 2. The van der Waals surface area contributed by atoms with Gasteiger partial charge in [0.15, 0.2) is 0 Å². The quantitative estimate of drug-likeness (QED) is 0.770. The van der Waals surface area contributed by atoms with Gasteiger partial charge in [0.2, 0.25) is 0 Å². The fourth-order valence-electron chi connectivity index (χ4n) is 2.42. The topological polar surface area (TPSA) is 44.1 Å². The summed E-state index contributed by atoms with van der Waals surface area (Å²) in [6.07, 6.45) is 5.67. The monoisotopic (exact) mass is 264 g/mol. The van der Waals surface area contributed by atoms with E-state index >= 15 is 0 Å². The van der Waals surface area contributed by atoms with Crippen LogP contribution in [0.1, 0.15) is 69.1 Å². The summed E-state index contributed by atoms with van der Waals surface area (Å²) in [5, 5.41) is 4.41. The lowest BCUT2D eigenvalue weighted by Crippen LogP contribution is -2.22. The minimum absolute atomic E-state index is 0.0544. The van der Waals surface area contributed by atoms with E-state index in [2.05, 4.69) is 25.9 Å². The maximum atomic E-state index is 12.2. The number of rotatable bonds is 2. The zero-order chi connectivity index (χ0) is 14.0. The Morgan fingerprint density at radius 1 is 1.32 bits per heavy atom. The molecule has 0 atom stereocenters. The molecule has 1 saturated carbocycles. The third kappa shape index (κ3) is 3.37. The molecule has 1 aromatic heterocycles. The van der Waals surface area contributed by atoms with Gasteiger partial charge in [-0.15, -0.1) is 0 Å². The molecule has 0 bridgehead atoms. The van der Waals surface area contributed by atoms with Crippen LogP contribution in [0.4, 0.5) is 0 Å². The second-order valence-corrected chi connectivity index (χ2v) is 6.45. The van der Waals surface area contributed by atoms with Crippen LogP contribution < -0.4 is 0 Å². The number of esters is 1. The predicted octanol–water partition coefficient (Wildman–Crippen LogP) is 3.21. The Kier molecular flexibility index (Phi) is 3.97. The minimum Gasteiger partial charge on any atom is -0.458 e. The van der Waals surface area contributed by atoms with Gasteiger partial charge < -0.3 is 4.74 Å². The molecule has 0 aliphatic heterocycles. The average molecular weight is 264 g/mol. The van der Waals surface area contributed by atoms with E-state index in [0.717, 1.165) is 31.4 Å². The van der Waals surface area contributed by atoms with Crippen LogP contribution in [0, 0.1) is 0 Å². The molecule has 0 radical (unpaired) electrons. The third-order valence-corrected chi connectivity index (χ3v) is 3.68. The summed E-state index contributed by atoms with van der Waals surface area (Å²) in [5.74, 6) is -0.239. The molecule has 1 heterocycles. The van der Waals surface area contributed by atoms with Crippen molar-refractivity contribution in [3.05, 3.63) is 17.5 Å². The van der Waals surface area contributed by atoms with E-state index in [1.807, 2.05) is 6.07 Å². The van der Waals surface area contributed by atoms with Crippen molar-refractivity contribution in [3.8, 4) is 0 Å². The zero-order valence-corrected chi connectivity index (χ0v) is 12.4. The van der Waals surface area contributed by atoms with Gasteiger partial charge >= 0.3 is 5.97 Å². The van der Waals surface area contributed by atoms with E-state index in [1.54, 1.807) is 11.7 Å². The van der Waals surface area contributed by atoms with Crippen LogP contribution in [-0.4, -0.2) is 21.9 Å². The van der Waals surface area contributed by atoms with E-state index in [1.165, 1.54) is 6.42 Å². The van der Waals surface area contributed by atoms with Gasteiger partial charge in [-0.1, -0.05) is 27.2 Å². The molecule has 0 aromatic carbocycles. The van der Waals surface area contributed by atoms with Crippen LogP contribution in [-0.2, 0) is 17.2 Å². The summed E-state index contributed by atoms with van der Waals surface area (Å²) in [4.78, 5) is 12.2. The normalized spacial score (nSPS) is 17.5. The molecule has 0 N–H and O–H groups in total. The lowest BCUT2D eigenvalue weighted by Gasteiger charge is -2.21. The van der Waals surface area contributed by atoms with Crippen LogP contribution in [0.3, 0.4) is 0 Å². The number of aromatic nitrogens is 2. The van der Waals surface area contributed by atoms with E-state index in [0.29, 0.717) is 5.69 Å². The van der Waals surface area contributed by atoms with Crippen molar-refractivity contribution in [1.29, 1.82) is 0 Å². The van der Waals surface area contributed by atoms with Gasteiger partial charge in [-0.2, -0.15) is 5.10 Å². The van der Waals surface area contributed by atoms with Crippen molar-refractivity contribution in [2.75, 3.05) is 0 Å². The first kappa shape index (κ1) is 14.1. The van der Waals surface area contributed by atoms with Gasteiger partial charge in [-0.25, -0.2) is 4.79 Å². The van der Waals surface area contributed by atoms with Gasteiger partial charge in [0, 0.05) is 12.5 Å². The SMILES string of the molecule is Cn1nc(C(C)(C)C)cc1C(=O)OC1CCCCC1. The van der Waals surface area contributed by atoms with E-state index in [-0.39, 0.29) is 17.5 Å². The van der Waals surface area contributed by atoms with Gasteiger partial charge in [-0.05, 0) is 31.7 Å². The maximum Gasteiger partial charge on any atom is 0.356 e. The Balaban J connectivity index is 2.08. The van der Waals surface area contributed by atoms with Crippen LogP contribution in [0.2, 0.25) is 0 Å². The highest BCUT2D eigenvalue weighted by Crippen LogP contribution is 2.24. The smallest absolute Gasteiger partial charge is 0.356 e. The Hall–Kier alpha value is -1.32. The second-order valence-electron chi connectivity index (χ2n) is 6.45. The first-order valence-corrected chi connectivity index (χ1v) is 7.13. The van der Waals surface area contributed by atoms with Crippen LogP contribution in [0.25, 0.3) is 0 Å². The lowest BCUT2D eigenvalue weighted by atomic mass is 9.92. The summed E-state index contributed by atoms with van der Waals surface area (Å²) < 4.78 is 7.22. The van der Waals surface area contributed by atoms with Gasteiger partial charge in [-0.3, -0.25) is 4.68 Å². The predicted molar refractivity (Wildman–Crippen MR) is 74.2 cm³/mol. The zero-order valence-electron chi connectivity index (χ0n) is 12.4. The Morgan fingerprint density at radius 2 is 1.95 bits per heavy atom. The summed E-state index contributed by atoms with van der Waals surface area (Å²) in [6, 6.07) is 1.85. The van der Waals surface area contributed by atoms with E-state index in [9.17, 15) is 4.79 Å². The number of hydrogen-bond acceptors (Lipinski definition) is 3. The molecule has 0 saturated heterocycles. The lowest BCUT2D eigenvalue weighted by molar-refractivity contribution is 0.0199. The highest BCUT2D eigenvalue weighted by atomic mass is 16.5. The number of carbonyl (C=O) groups is 1. The van der Waals surface area contributed by atoms with Crippen molar-refractivity contribution >= 4 is 5.97 Å². The molecule has 1 fully saturated rings. The molecule has 0 spiro atoms. The molecular weight excluding hydrogens is 240 g/mol. The van der Waals surface area contributed by atoms with Gasteiger partial charge in [0.1, 0.15) is 11.8 Å². The maximum absolute atomic E-state index is 12.2. The van der Waals surface area contributed by atoms with Gasteiger partial charge in [0.25, 0.3) is 0 Å². The van der Waals surface area contributed by atoms with E-state index in [4.69, 9.17) is 4.74 Å². The Labute approximate surface area is 115 Å². The van der Waals surface area contributed by atoms with Crippen molar-refractivity contribution in [1.82, 2.24) is 9.78 Å². The molecule has 0 amide bonds. The molecule has 1 aliphatic carbocycles. The van der Waals surface area contributed by atoms with Gasteiger partial charge in [0.05, 0.1) is 5.69 Å². The molecule has 4 nitrogen and oxygen atoms in total. The van der Waals surface area contributed by atoms with Crippen LogP contribution >= 0.6 is 0 Å².